The normalized spacial score (nSPS) is 21.7. The van der Waals surface area contributed by atoms with Crippen LogP contribution < -0.4 is 9.47 Å². The number of carbonyl (C=O) groups is 1. The molecule has 0 bridgehead atoms. The Hall–Kier alpha value is -2.95. The number of esters is 1. The van der Waals surface area contributed by atoms with E-state index in [0.717, 1.165) is 18.4 Å². The predicted molar refractivity (Wildman–Crippen MR) is 128 cm³/mol. The fourth-order valence-corrected chi connectivity index (χ4v) is 5.69. The van der Waals surface area contributed by atoms with Gasteiger partial charge in [0.15, 0.2) is 11.5 Å². The van der Waals surface area contributed by atoms with E-state index in [0.29, 0.717) is 48.7 Å². The second-order valence-electron chi connectivity index (χ2n) is 10.7. The Bertz CT molecular complexity index is 1220. The summed E-state index contributed by atoms with van der Waals surface area (Å²) in [4.78, 5) is 13.9. The summed E-state index contributed by atoms with van der Waals surface area (Å²) in [5, 5.41) is 0. The van der Waals surface area contributed by atoms with Gasteiger partial charge in [-0.05, 0) is 66.1 Å². The number of carbonyl (C=O) groups excluding carboxylic acids is 1. The molecule has 1 saturated carbocycles. The highest BCUT2D eigenvalue weighted by molar-refractivity contribution is 5.73. The van der Waals surface area contributed by atoms with Crippen molar-refractivity contribution in [3.8, 4) is 11.5 Å². The van der Waals surface area contributed by atoms with E-state index in [9.17, 15) is 31.1 Å². The average molecular weight is 558 g/mol. The lowest BCUT2D eigenvalue weighted by molar-refractivity contribution is -0.146. The van der Waals surface area contributed by atoms with E-state index in [4.69, 9.17) is 14.2 Å². The van der Waals surface area contributed by atoms with Crippen LogP contribution in [-0.4, -0.2) is 43.8 Å². The largest absolute Gasteiger partial charge is 0.486 e. The standard InChI is InChI=1S/C28H29F6NO4/c1-15(26(36)37-2)25(16-3-4-16)17-5-8-22-23(10-17)39-24(14-38-22)19-12-35(13-19)11-18-9-20(27(29,30)31)6-7-21(18)28(32,33)34/h5-10,15-16,19,24-25H,3-4,11-14H2,1-2H3/t15-,24?,25?/m0/s1. The minimum absolute atomic E-state index is 0.0128. The lowest BCUT2D eigenvalue weighted by Crippen LogP contribution is -2.55. The summed E-state index contributed by atoms with van der Waals surface area (Å²) in [6.07, 6.45) is -7.78. The van der Waals surface area contributed by atoms with Gasteiger partial charge in [0.2, 0.25) is 0 Å². The molecule has 2 aromatic rings. The maximum Gasteiger partial charge on any atom is 0.416 e. The molecule has 2 heterocycles. The summed E-state index contributed by atoms with van der Waals surface area (Å²) in [6, 6.07) is 7.18. The predicted octanol–water partition coefficient (Wildman–Crippen LogP) is 6.30. The molecule has 2 fully saturated rings. The maximum absolute atomic E-state index is 13.5. The fourth-order valence-electron chi connectivity index (χ4n) is 5.69. The third kappa shape index (κ3) is 5.83. The number of benzene rings is 2. The zero-order valence-corrected chi connectivity index (χ0v) is 21.4. The van der Waals surface area contributed by atoms with Crippen molar-refractivity contribution in [2.45, 2.75) is 50.7 Å². The number of alkyl halides is 6. The molecule has 2 aromatic carbocycles. The Morgan fingerprint density at radius 1 is 1.03 bits per heavy atom. The first kappa shape index (κ1) is 27.6. The van der Waals surface area contributed by atoms with Crippen molar-refractivity contribution >= 4 is 5.97 Å². The third-order valence-corrected chi connectivity index (χ3v) is 7.92. The van der Waals surface area contributed by atoms with Crippen molar-refractivity contribution in [3.63, 3.8) is 0 Å². The number of hydrogen-bond acceptors (Lipinski definition) is 5. The van der Waals surface area contributed by atoms with Gasteiger partial charge in [-0.3, -0.25) is 9.69 Å². The molecule has 39 heavy (non-hydrogen) atoms. The molecule has 3 aliphatic rings. The summed E-state index contributed by atoms with van der Waals surface area (Å²) in [5.74, 6) is 0.834. The van der Waals surface area contributed by atoms with E-state index in [1.54, 1.807) is 4.90 Å². The molecular formula is C28H29F6NO4. The van der Waals surface area contributed by atoms with Gasteiger partial charge in [0.05, 0.1) is 24.2 Å². The molecule has 0 aromatic heterocycles. The van der Waals surface area contributed by atoms with E-state index in [-0.39, 0.29) is 43.0 Å². The van der Waals surface area contributed by atoms with Crippen LogP contribution in [0.15, 0.2) is 36.4 Å². The van der Waals surface area contributed by atoms with Gasteiger partial charge in [0.25, 0.3) is 0 Å². The molecule has 2 unspecified atom stereocenters. The van der Waals surface area contributed by atoms with Crippen LogP contribution in [0.3, 0.4) is 0 Å². The van der Waals surface area contributed by atoms with Crippen molar-refractivity contribution in [1.29, 1.82) is 0 Å². The van der Waals surface area contributed by atoms with Crippen molar-refractivity contribution in [3.05, 3.63) is 58.7 Å². The highest BCUT2D eigenvalue weighted by Crippen LogP contribution is 2.49. The van der Waals surface area contributed by atoms with Gasteiger partial charge < -0.3 is 14.2 Å². The lowest BCUT2D eigenvalue weighted by Gasteiger charge is -2.44. The van der Waals surface area contributed by atoms with Crippen LogP contribution >= 0.6 is 0 Å². The summed E-state index contributed by atoms with van der Waals surface area (Å²) in [5.41, 5.74) is -1.62. The van der Waals surface area contributed by atoms with Gasteiger partial charge in [-0.2, -0.15) is 26.3 Å². The van der Waals surface area contributed by atoms with Gasteiger partial charge >= 0.3 is 18.3 Å². The Morgan fingerprint density at radius 3 is 2.36 bits per heavy atom. The average Bonchev–Trinajstić information content (AvgIpc) is 3.69. The molecule has 11 heteroatoms. The molecule has 5 rings (SSSR count). The second-order valence-corrected chi connectivity index (χ2v) is 10.7. The Labute approximate surface area is 222 Å². The Morgan fingerprint density at radius 2 is 1.74 bits per heavy atom. The van der Waals surface area contributed by atoms with Gasteiger partial charge in [-0.1, -0.05) is 13.0 Å². The van der Waals surface area contributed by atoms with Crippen LogP contribution in [0, 0.1) is 17.8 Å². The van der Waals surface area contributed by atoms with Crippen molar-refractivity contribution in [2.24, 2.45) is 17.8 Å². The van der Waals surface area contributed by atoms with E-state index < -0.39 is 29.0 Å². The topological polar surface area (TPSA) is 48.0 Å². The molecule has 0 N–H and O–H groups in total. The van der Waals surface area contributed by atoms with E-state index >= 15 is 0 Å². The molecule has 212 valence electrons. The van der Waals surface area contributed by atoms with Crippen molar-refractivity contribution in [1.82, 2.24) is 4.90 Å². The van der Waals surface area contributed by atoms with Crippen LogP contribution in [0.25, 0.3) is 0 Å². The number of halogens is 6. The number of rotatable bonds is 7. The van der Waals surface area contributed by atoms with Crippen LogP contribution in [0.5, 0.6) is 11.5 Å². The minimum Gasteiger partial charge on any atom is -0.486 e. The summed E-state index contributed by atoms with van der Waals surface area (Å²) >= 11 is 0. The van der Waals surface area contributed by atoms with Gasteiger partial charge in [0.1, 0.15) is 12.7 Å². The number of fused-ring (bicyclic) bond motifs is 1. The number of ether oxygens (including phenoxy) is 3. The van der Waals surface area contributed by atoms with E-state index in [2.05, 4.69) is 0 Å². The van der Waals surface area contributed by atoms with Crippen molar-refractivity contribution < 1.29 is 45.3 Å². The summed E-state index contributed by atoms with van der Waals surface area (Å²) in [6.45, 7) is 2.58. The minimum atomic E-state index is -4.75. The molecule has 0 radical (unpaired) electrons. The van der Waals surface area contributed by atoms with Crippen LogP contribution in [0.4, 0.5) is 26.3 Å². The number of hydrogen-bond donors (Lipinski definition) is 0. The highest BCUT2D eigenvalue weighted by Gasteiger charge is 2.42. The monoisotopic (exact) mass is 557 g/mol. The SMILES string of the molecule is COC(=O)[C@@H](C)C(c1ccc2c(c1)OC(C1CN(Cc3cc(C(F)(F)F)ccc3C(F)(F)F)C1)CO2)C1CC1. The third-order valence-electron chi connectivity index (χ3n) is 7.92. The molecule has 5 nitrogen and oxygen atoms in total. The van der Waals surface area contributed by atoms with Gasteiger partial charge in [-0.25, -0.2) is 0 Å². The fraction of sp³-hybridized carbons (Fsp3) is 0.536. The van der Waals surface area contributed by atoms with Crippen molar-refractivity contribution in [2.75, 3.05) is 26.8 Å². The molecule has 2 aliphatic heterocycles. The molecular weight excluding hydrogens is 528 g/mol. The molecule has 0 spiro atoms. The number of methoxy groups -OCH3 is 1. The summed E-state index contributed by atoms with van der Waals surface area (Å²) in [7, 11) is 1.37. The maximum atomic E-state index is 13.5. The molecule has 0 amide bonds. The highest BCUT2D eigenvalue weighted by atomic mass is 19.4. The molecule has 3 atom stereocenters. The van der Waals surface area contributed by atoms with Gasteiger partial charge in [0, 0.05) is 25.6 Å². The van der Waals surface area contributed by atoms with E-state index in [1.807, 2.05) is 25.1 Å². The Balaban J connectivity index is 1.26. The first-order valence-corrected chi connectivity index (χ1v) is 12.9. The van der Waals surface area contributed by atoms with Crippen LogP contribution in [0.2, 0.25) is 0 Å². The second kappa shape index (κ2) is 10.2. The smallest absolute Gasteiger partial charge is 0.416 e. The zero-order chi connectivity index (χ0) is 28.1. The molecule has 1 saturated heterocycles. The number of likely N-dealkylation sites (tertiary alicyclic amines) is 1. The zero-order valence-electron chi connectivity index (χ0n) is 21.4. The van der Waals surface area contributed by atoms with E-state index in [1.165, 1.54) is 7.11 Å². The van der Waals surface area contributed by atoms with Gasteiger partial charge in [-0.15, -0.1) is 0 Å². The first-order chi connectivity index (χ1) is 18.3. The van der Waals surface area contributed by atoms with Crippen LogP contribution in [0.1, 0.15) is 47.9 Å². The quantitative estimate of drug-likeness (QED) is 0.296. The Kier molecular flexibility index (Phi) is 7.24. The summed E-state index contributed by atoms with van der Waals surface area (Å²) < 4.78 is 96.9. The number of nitrogens with zero attached hydrogens (tertiary/aromatic N) is 1. The molecule has 1 aliphatic carbocycles. The first-order valence-electron chi connectivity index (χ1n) is 12.9. The lowest BCUT2D eigenvalue weighted by atomic mass is 9.83. The van der Waals surface area contributed by atoms with Crippen LogP contribution in [-0.2, 0) is 28.4 Å².